The van der Waals surface area contributed by atoms with E-state index in [1.54, 1.807) is 48.8 Å². The maximum absolute atomic E-state index is 12.2. The van der Waals surface area contributed by atoms with Crippen LogP contribution in [0.5, 0.6) is 0 Å². The quantitative estimate of drug-likeness (QED) is 0.776. The molecule has 0 bridgehead atoms. The van der Waals surface area contributed by atoms with E-state index in [1.807, 2.05) is 18.2 Å². The number of hydrogen-bond donors (Lipinski definition) is 2. The Morgan fingerprint density at radius 3 is 2.41 bits per heavy atom. The average molecular weight is 288 g/mol. The number of nitriles is 1. The SMILES string of the molecule is N#Cc1ccc(NC(=O)c2ccc(-c3ncc[nH]3)cc2)cc1. The van der Waals surface area contributed by atoms with Gasteiger partial charge in [-0.15, -0.1) is 0 Å². The van der Waals surface area contributed by atoms with Crippen molar-refractivity contribution in [1.29, 1.82) is 5.26 Å². The highest BCUT2D eigenvalue weighted by Crippen LogP contribution is 2.16. The molecule has 1 amide bonds. The van der Waals surface area contributed by atoms with Gasteiger partial charge in [0.1, 0.15) is 5.82 Å². The topological polar surface area (TPSA) is 81.6 Å². The van der Waals surface area contributed by atoms with Gasteiger partial charge >= 0.3 is 0 Å². The number of aromatic nitrogens is 2. The third-order valence-corrected chi connectivity index (χ3v) is 3.19. The summed E-state index contributed by atoms with van der Waals surface area (Å²) in [6.45, 7) is 0. The maximum atomic E-state index is 12.2. The minimum atomic E-state index is -0.198. The molecule has 0 fully saturated rings. The number of amides is 1. The molecule has 0 spiro atoms. The summed E-state index contributed by atoms with van der Waals surface area (Å²) in [5.41, 5.74) is 2.68. The van der Waals surface area contributed by atoms with E-state index in [0.29, 0.717) is 16.8 Å². The van der Waals surface area contributed by atoms with Crippen LogP contribution in [0.1, 0.15) is 15.9 Å². The maximum Gasteiger partial charge on any atom is 0.255 e. The van der Waals surface area contributed by atoms with Crippen molar-refractivity contribution in [1.82, 2.24) is 9.97 Å². The number of H-pyrrole nitrogens is 1. The molecule has 0 unspecified atom stereocenters. The summed E-state index contributed by atoms with van der Waals surface area (Å²) in [4.78, 5) is 19.3. The molecule has 5 nitrogen and oxygen atoms in total. The number of nitrogens with zero attached hydrogens (tertiary/aromatic N) is 2. The second-order valence-corrected chi connectivity index (χ2v) is 4.66. The van der Waals surface area contributed by atoms with E-state index in [2.05, 4.69) is 15.3 Å². The third kappa shape index (κ3) is 2.86. The van der Waals surface area contributed by atoms with Gasteiger partial charge in [0, 0.05) is 29.2 Å². The van der Waals surface area contributed by atoms with Gasteiger partial charge in [-0.3, -0.25) is 4.79 Å². The summed E-state index contributed by atoms with van der Waals surface area (Å²) in [6.07, 6.45) is 3.43. The molecule has 2 aromatic carbocycles. The number of hydrogen-bond acceptors (Lipinski definition) is 3. The predicted octanol–water partition coefficient (Wildman–Crippen LogP) is 3.20. The number of anilines is 1. The van der Waals surface area contributed by atoms with Crippen LogP contribution >= 0.6 is 0 Å². The van der Waals surface area contributed by atoms with Gasteiger partial charge in [-0.05, 0) is 36.4 Å². The summed E-state index contributed by atoms with van der Waals surface area (Å²) in [6, 6.07) is 15.9. The van der Waals surface area contributed by atoms with E-state index in [4.69, 9.17) is 5.26 Å². The normalized spacial score (nSPS) is 9.95. The lowest BCUT2D eigenvalue weighted by molar-refractivity contribution is 0.102. The Balaban J connectivity index is 1.73. The molecule has 0 saturated carbocycles. The first-order valence-electron chi connectivity index (χ1n) is 6.67. The number of carbonyl (C=O) groups is 1. The van der Waals surface area contributed by atoms with E-state index < -0.39 is 0 Å². The Hall–Kier alpha value is -3.39. The number of imidazole rings is 1. The summed E-state index contributed by atoms with van der Waals surface area (Å²) < 4.78 is 0. The van der Waals surface area contributed by atoms with Crippen molar-refractivity contribution in [3.05, 3.63) is 72.1 Å². The third-order valence-electron chi connectivity index (χ3n) is 3.19. The van der Waals surface area contributed by atoms with Crippen LogP contribution in [-0.4, -0.2) is 15.9 Å². The molecule has 2 N–H and O–H groups in total. The zero-order chi connectivity index (χ0) is 15.4. The van der Waals surface area contributed by atoms with Crippen LogP contribution < -0.4 is 5.32 Å². The largest absolute Gasteiger partial charge is 0.345 e. The van der Waals surface area contributed by atoms with Crippen molar-refractivity contribution < 1.29 is 4.79 Å². The molecule has 0 radical (unpaired) electrons. The van der Waals surface area contributed by atoms with Gasteiger partial charge in [-0.1, -0.05) is 12.1 Å². The smallest absolute Gasteiger partial charge is 0.255 e. The van der Waals surface area contributed by atoms with Gasteiger partial charge in [0.2, 0.25) is 0 Å². The van der Waals surface area contributed by atoms with E-state index in [1.165, 1.54) is 0 Å². The Bertz CT molecular complexity index is 813. The molecule has 0 aliphatic rings. The predicted molar refractivity (Wildman–Crippen MR) is 83.1 cm³/mol. The Morgan fingerprint density at radius 2 is 1.82 bits per heavy atom. The first-order chi connectivity index (χ1) is 10.8. The zero-order valence-corrected chi connectivity index (χ0v) is 11.6. The summed E-state index contributed by atoms with van der Waals surface area (Å²) in [5, 5.41) is 11.5. The molecular weight excluding hydrogens is 276 g/mol. The highest BCUT2D eigenvalue weighted by Gasteiger charge is 2.07. The molecule has 0 aliphatic heterocycles. The lowest BCUT2D eigenvalue weighted by atomic mass is 10.1. The summed E-state index contributed by atoms with van der Waals surface area (Å²) in [7, 11) is 0. The number of carbonyl (C=O) groups excluding carboxylic acids is 1. The van der Waals surface area contributed by atoms with Crippen molar-refractivity contribution >= 4 is 11.6 Å². The molecule has 22 heavy (non-hydrogen) atoms. The number of benzene rings is 2. The summed E-state index contributed by atoms with van der Waals surface area (Å²) in [5.74, 6) is 0.565. The van der Waals surface area contributed by atoms with Gasteiger partial charge in [0.25, 0.3) is 5.91 Å². The van der Waals surface area contributed by atoms with E-state index >= 15 is 0 Å². The Labute approximate surface area is 127 Å². The molecule has 1 heterocycles. The molecule has 3 rings (SSSR count). The van der Waals surface area contributed by atoms with Crippen LogP contribution in [0.25, 0.3) is 11.4 Å². The number of aromatic amines is 1. The van der Waals surface area contributed by atoms with Crippen LogP contribution in [0.15, 0.2) is 60.9 Å². The van der Waals surface area contributed by atoms with Gasteiger partial charge in [-0.2, -0.15) is 5.26 Å². The second-order valence-electron chi connectivity index (χ2n) is 4.66. The Kier molecular flexibility index (Phi) is 3.67. The molecule has 5 heteroatoms. The minimum absolute atomic E-state index is 0.198. The van der Waals surface area contributed by atoms with Crippen LogP contribution in [0, 0.1) is 11.3 Å². The minimum Gasteiger partial charge on any atom is -0.345 e. The molecule has 0 atom stereocenters. The van der Waals surface area contributed by atoms with Crippen LogP contribution in [0.2, 0.25) is 0 Å². The van der Waals surface area contributed by atoms with E-state index in [9.17, 15) is 4.79 Å². The monoisotopic (exact) mass is 288 g/mol. The van der Waals surface area contributed by atoms with Crippen molar-refractivity contribution in [3.63, 3.8) is 0 Å². The second kappa shape index (κ2) is 5.94. The fraction of sp³-hybridized carbons (Fsp3) is 0. The fourth-order valence-corrected chi connectivity index (χ4v) is 2.03. The zero-order valence-electron chi connectivity index (χ0n) is 11.6. The lowest BCUT2D eigenvalue weighted by Gasteiger charge is -2.06. The highest BCUT2D eigenvalue weighted by molar-refractivity contribution is 6.04. The fourth-order valence-electron chi connectivity index (χ4n) is 2.03. The van der Waals surface area contributed by atoms with Gasteiger partial charge in [-0.25, -0.2) is 4.98 Å². The Morgan fingerprint density at radius 1 is 1.09 bits per heavy atom. The van der Waals surface area contributed by atoms with E-state index in [0.717, 1.165) is 11.4 Å². The average Bonchev–Trinajstić information content (AvgIpc) is 3.10. The number of rotatable bonds is 3. The van der Waals surface area contributed by atoms with Gasteiger partial charge in [0.15, 0.2) is 0 Å². The summed E-state index contributed by atoms with van der Waals surface area (Å²) >= 11 is 0. The molecular formula is C17H12N4O. The van der Waals surface area contributed by atoms with Crippen molar-refractivity contribution in [2.24, 2.45) is 0 Å². The van der Waals surface area contributed by atoms with E-state index in [-0.39, 0.29) is 5.91 Å². The highest BCUT2D eigenvalue weighted by atomic mass is 16.1. The molecule has 0 aliphatic carbocycles. The lowest BCUT2D eigenvalue weighted by Crippen LogP contribution is -2.11. The number of nitrogens with one attached hydrogen (secondary N) is 2. The van der Waals surface area contributed by atoms with Crippen molar-refractivity contribution in [2.45, 2.75) is 0 Å². The molecule has 1 aromatic heterocycles. The van der Waals surface area contributed by atoms with Crippen molar-refractivity contribution in [2.75, 3.05) is 5.32 Å². The van der Waals surface area contributed by atoms with Crippen LogP contribution in [0.3, 0.4) is 0 Å². The molecule has 0 saturated heterocycles. The molecule has 3 aromatic rings. The van der Waals surface area contributed by atoms with Gasteiger partial charge in [0.05, 0.1) is 11.6 Å². The molecule has 106 valence electrons. The van der Waals surface area contributed by atoms with Gasteiger partial charge < -0.3 is 10.3 Å². The van der Waals surface area contributed by atoms with Crippen molar-refractivity contribution in [3.8, 4) is 17.5 Å². The van der Waals surface area contributed by atoms with Crippen LogP contribution in [-0.2, 0) is 0 Å². The standard InChI is InChI=1S/C17H12N4O/c18-11-12-1-7-15(8-2-12)21-17(22)14-5-3-13(4-6-14)16-19-9-10-20-16/h1-10H,(H,19,20)(H,21,22). The first kappa shape index (κ1) is 13.6. The van der Waals surface area contributed by atoms with Crippen LogP contribution in [0.4, 0.5) is 5.69 Å². The first-order valence-corrected chi connectivity index (χ1v) is 6.67.